The van der Waals surface area contributed by atoms with E-state index in [1.165, 1.54) is 37.5 Å². The number of ketones is 2. The summed E-state index contributed by atoms with van der Waals surface area (Å²) in [5, 5.41) is 5.32. The highest BCUT2D eigenvalue weighted by atomic mass is 32.2. The fraction of sp³-hybridized carbons (Fsp3) is 0.280. The van der Waals surface area contributed by atoms with E-state index in [0.717, 1.165) is 11.8 Å². The van der Waals surface area contributed by atoms with Crippen molar-refractivity contribution in [3.63, 3.8) is 0 Å². The van der Waals surface area contributed by atoms with E-state index < -0.39 is 35.6 Å². The van der Waals surface area contributed by atoms with Gasteiger partial charge in [-0.3, -0.25) is 29.1 Å². The molecule has 0 saturated carbocycles. The molecule has 0 bridgehead atoms. The molecule has 1 atom stereocenters. The Bertz CT molecular complexity index is 1320. The van der Waals surface area contributed by atoms with Crippen molar-refractivity contribution in [3.8, 4) is 0 Å². The number of hydrogen-bond acceptors (Lipinski definition) is 7. The van der Waals surface area contributed by atoms with Gasteiger partial charge in [-0.05, 0) is 55.9 Å². The summed E-state index contributed by atoms with van der Waals surface area (Å²) in [6.07, 6.45) is -1.53. The zero-order valence-electron chi connectivity index (χ0n) is 19.7. The Morgan fingerprint density at radius 3 is 2.41 bits per heavy atom. The molecule has 3 rings (SSSR count). The molecule has 0 unspecified atom stereocenters. The molecule has 0 aliphatic carbocycles. The second-order valence-corrected chi connectivity index (χ2v) is 9.13. The quantitative estimate of drug-likeness (QED) is 0.281. The van der Waals surface area contributed by atoms with E-state index in [4.69, 9.17) is 0 Å². The Hall–Kier alpha value is -3.80. The number of anilines is 1. The highest BCUT2D eigenvalue weighted by Crippen LogP contribution is 2.20. The Morgan fingerprint density at radius 1 is 0.973 bits per heavy atom. The van der Waals surface area contributed by atoms with Crippen LogP contribution < -0.4 is 10.6 Å². The van der Waals surface area contributed by atoms with Crippen molar-refractivity contribution in [1.82, 2.24) is 15.3 Å². The lowest BCUT2D eigenvalue weighted by atomic mass is 10.1. The lowest BCUT2D eigenvalue weighted by molar-refractivity contribution is -0.167. The SMILES string of the molecule is CC(=O)c1cccc(NC(=O)[C@H](CCCSCC(=O)C(F)(F)F)NC(=O)c2ccc3nccnc3c2)c1. The molecule has 2 aromatic carbocycles. The monoisotopic (exact) mass is 532 g/mol. The Kier molecular flexibility index (Phi) is 9.34. The van der Waals surface area contributed by atoms with E-state index in [-0.39, 0.29) is 29.9 Å². The van der Waals surface area contributed by atoms with Crippen molar-refractivity contribution < 1.29 is 32.3 Å². The molecule has 8 nitrogen and oxygen atoms in total. The van der Waals surface area contributed by atoms with Crippen LogP contribution >= 0.6 is 11.8 Å². The number of amides is 2. The number of alkyl halides is 3. The number of thioether (sulfide) groups is 1. The minimum Gasteiger partial charge on any atom is -0.340 e. The van der Waals surface area contributed by atoms with Crippen molar-refractivity contribution in [2.75, 3.05) is 16.8 Å². The number of aromatic nitrogens is 2. The topological polar surface area (TPSA) is 118 Å². The number of nitrogens with one attached hydrogen (secondary N) is 2. The maximum absolute atomic E-state index is 13.0. The molecule has 12 heteroatoms. The Morgan fingerprint density at radius 2 is 1.70 bits per heavy atom. The summed E-state index contributed by atoms with van der Waals surface area (Å²) in [5.41, 5.74) is 2.06. The van der Waals surface area contributed by atoms with Crippen LogP contribution in [0.2, 0.25) is 0 Å². The first kappa shape index (κ1) is 27.8. The van der Waals surface area contributed by atoms with Crippen LogP contribution in [0.25, 0.3) is 11.0 Å². The minimum absolute atomic E-state index is 0.102. The van der Waals surface area contributed by atoms with Crippen molar-refractivity contribution >= 4 is 51.9 Å². The molecule has 194 valence electrons. The number of rotatable bonds is 11. The van der Waals surface area contributed by atoms with Crippen molar-refractivity contribution in [2.24, 2.45) is 0 Å². The summed E-state index contributed by atoms with van der Waals surface area (Å²) in [7, 11) is 0. The second kappa shape index (κ2) is 12.4. The third kappa shape index (κ3) is 8.10. The van der Waals surface area contributed by atoms with Crippen molar-refractivity contribution in [3.05, 3.63) is 66.0 Å². The molecular weight excluding hydrogens is 509 g/mol. The molecule has 0 aliphatic rings. The largest absolute Gasteiger partial charge is 0.450 e. The molecule has 0 radical (unpaired) electrons. The second-order valence-electron chi connectivity index (χ2n) is 8.03. The van der Waals surface area contributed by atoms with Crippen LogP contribution in [0.5, 0.6) is 0 Å². The smallest absolute Gasteiger partial charge is 0.340 e. The first-order chi connectivity index (χ1) is 17.5. The van der Waals surface area contributed by atoms with E-state index in [1.54, 1.807) is 24.3 Å². The fourth-order valence-corrected chi connectivity index (χ4v) is 4.16. The summed E-state index contributed by atoms with van der Waals surface area (Å²) in [4.78, 5) is 57.0. The summed E-state index contributed by atoms with van der Waals surface area (Å²) >= 11 is 0.801. The summed E-state index contributed by atoms with van der Waals surface area (Å²) < 4.78 is 37.2. The zero-order chi connectivity index (χ0) is 27.0. The van der Waals surface area contributed by atoms with Crippen LogP contribution in [0, 0.1) is 0 Å². The molecular formula is C25H23F3N4O4S. The van der Waals surface area contributed by atoms with Crippen LogP contribution in [0.3, 0.4) is 0 Å². The Balaban J connectivity index is 1.69. The van der Waals surface area contributed by atoms with Gasteiger partial charge in [0.15, 0.2) is 5.78 Å². The molecule has 2 amide bonds. The minimum atomic E-state index is -4.89. The predicted molar refractivity (Wildman–Crippen MR) is 133 cm³/mol. The maximum Gasteiger partial charge on any atom is 0.450 e. The van der Waals surface area contributed by atoms with Gasteiger partial charge in [0, 0.05) is 29.2 Å². The number of benzene rings is 2. The molecule has 0 saturated heterocycles. The normalized spacial score (nSPS) is 12.1. The molecule has 37 heavy (non-hydrogen) atoms. The Labute approximate surface area is 214 Å². The van der Waals surface area contributed by atoms with Crippen molar-refractivity contribution in [2.45, 2.75) is 32.0 Å². The first-order valence-corrected chi connectivity index (χ1v) is 12.3. The van der Waals surface area contributed by atoms with Crippen molar-refractivity contribution in [1.29, 1.82) is 0 Å². The molecule has 0 aliphatic heterocycles. The third-order valence-corrected chi connectivity index (χ3v) is 6.26. The number of nitrogens with zero attached hydrogens (tertiary/aromatic N) is 2. The fourth-order valence-electron chi connectivity index (χ4n) is 3.30. The number of hydrogen-bond donors (Lipinski definition) is 2. The number of fused-ring (bicyclic) bond motifs is 1. The van der Waals surface area contributed by atoms with Crippen LogP contribution in [0.15, 0.2) is 54.9 Å². The molecule has 1 aromatic heterocycles. The summed E-state index contributed by atoms with van der Waals surface area (Å²) in [6, 6.07) is 9.93. The van der Waals surface area contributed by atoms with Gasteiger partial charge in [-0.1, -0.05) is 12.1 Å². The number of Topliss-reactive ketones (excluding diaryl/α,β-unsaturated/α-hetero) is 2. The standard InChI is InChI=1S/C25H23F3N4O4S/c1-15(33)16-4-2-5-18(12-16)31-24(36)20(6-3-11-37-14-22(34)25(26,27)28)32-23(35)17-7-8-19-21(13-17)30-10-9-29-19/h2,4-5,7-10,12-13,20H,3,6,11,14H2,1H3,(H,31,36)(H,32,35)/t20-/m0/s1. The van der Waals surface area contributed by atoms with Crippen LogP contribution in [-0.2, 0) is 9.59 Å². The maximum atomic E-state index is 13.0. The van der Waals surface area contributed by atoms with Gasteiger partial charge in [0.05, 0.1) is 16.8 Å². The van der Waals surface area contributed by atoms with Crippen LogP contribution in [0.4, 0.5) is 18.9 Å². The average Bonchev–Trinajstić information content (AvgIpc) is 2.86. The van der Waals surface area contributed by atoms with E-state index in [1.807, 2.05) is 0 Å². The molecule has 3 aromatic rings. The number of halogens is 3. The van der Waals surface area contributed by atoms with Gasteiger partial charge in [-0.2, -0.15) is 24.9 Å². The third-order valence-electron chi connectivity index (χ3n) is 5.22. The van der Waals surface area contributed by atoms with Gasteiger partial charge in [0.25, 0.3) is 5.91 Å². The number of carbonyl (C=O) groups excluding carboxylic acids is 4. The lowest BCUT2D eigenvalue weighted by Gasteiger charge is -2.19. The summed E-state index contributed by atoms with van der Waals surface area (Å²) in [5.74, 6) is -3.68. The molecule has 0 fully saturated rings. The first-order valence-electron chi connectivity index (χ1n) is 11.2. The highest BCUT2D eigenvalue weighted by Gasteiger charge is 2.37. The van der Waals surface area contributed by atoms with E-state index in [0.29, 0.717) is 22.3 Å². The molecule has 1 heterocycles. The van der Waals surface area contributed by atoms with E-state index in [9.17, 15) is 32.3 Å². The predicted octanol–water partition coefficient (Wildman–Crippen LogP) is 4.21. The van der Waals surface area contributed by atoms with Gasteiger partial charge >= 0.3 is 6.18 Å². The zero-order valence-corrected chi connectivity index (χ0v) is 20.5. The van der Waals surface area contributed by atoms with Crippen LogP contribution in [-0.4, -0.2) is 57.1 Å². The van der Waals surface area contributed by atoms with Gasteiger partial charge in [-0.25, -0.2) is 0 Å². The highest BCUT2D eigenvalue weighted by molar-refractivity contribution is 7.99. The molecule has 2 N–H and O–H groups in total. The van der Waals surface area contributed by atoms with Gasteiger partial charge in [0.2, 0.25) is 11.7 Å². The van der Waals surface area contributed by atoms with Gasteiger partial charge < -0.3 is 10.6 Å². The average molecular weight is 533 g/mol. The lowest BCUT2D eigenvalue weighted by Crippen LogP contribution is -2.44. The van der Waals surface area contributed by atoms with Gasteiger partial charge in [-0.15, -0.1) is 0 Å². The van der Waals surface area contributed by atoms with E-state index >= 15 is 0 Å². The van der Waals surface area contributed by atoms with E-state index in [2.05, 4.69) is 20.6 Å². The summed E-state index contributed by atoms with van der Waals surface area (Å²) in [6.45, 7) is 1.39. The number of carbonyl (C=O) groups is 4. The molecule has 0 spiro atoms. The van der Waals surface area contributed by atoms with Crippen LogP contribution in [0.1, 0.15) is 40.5 Å². The van der Waals surface area contributed by atoms with Gasteiger partial charge in [0.1, 0.15) is 6.04 Å².